The van der Waals surface area contributed by atoms with E-state index in [0.717, 1.165) is 0 Å². The Kier molecular flexibility index (Phi) is 4.57. The Morgan fingerprint density at radius 3 is 2.00 bits per heavy atom. The molecule has 0 bridgehead atoms. The van der Waals surface area contributed by atoms with Gasteiger partial charge in [0.15, 0.2) is 0 Å². The van der Waals surface area contributed by atoms with E-state index in [9.17, 15) is 0 Å². The lowest BCUT2D eigenvalue weighted by atomic mass is 11.1. The zero-order valence-corrected chi connectivity index (χ0v) is 5.95. The Morgan fingerprint density at radius 2 is 1.91 bits per heavy atom. The first-order chi connectivity index (χ1) is 5.00. The van der Waals surface area contributed by atoms with Crippen molar-refractivity contribution in [2.45, 2.75) is 0 Å². The van der Waals surface area contributed by atoms with Crippen LogP contribution in [0, 0.1) is 10.2 Å². The average molecular weight is 185 g/mol. The van der Waals surface area contributed by atoms with E-state index in [1.807, 2.05) is 0 Å². The molecule has 0 fully saturated rings. The molecule has 0 aliphatic carbocycles. The first-order valence-electron chi connectivity index (χ1n) is 2.29. The first kappa shape index (κ1) is 10.2. The van der Waals surface area contributed by atoms with Crippen molar-refractivity contribution in [2.75, 3.05) is 6.67 Å². The molecule has 0 spiro atoms. The van der Waals surface area contributed by atoms with Gasteiger partial charge in [-0.05, 0) is 0 Å². The van der Waals surface area contributed by atoms with Crippen LogP contribution in [0.25, 0.3) is 0 Å². The second-order valence-corrected chi connectivity index (χ2v) is 2.00. The summed E-state index contributed by atoms with van der Waals surface area (Å²) in [5.74, 6) is 0. The highest BCUT2D eigenvalue weighted by molar-refractivity contribution is 5.53. The lowest BCUT2D eigenvalue weighted by Gasteiger charge is -2.17. The molecule has 2 N–H and O–H groups in total. The normalized spacial score (nSPS) is 14.9. The molecule has 0 aromatic heterocycles. The standard InChI is InChI=1S/C2H4N4.ClHO4/c1-3-5-2-6-4-1;2-1(3,4)5/h1,5H,2H2;(H,2,3,4,5). The summed E-state index contributed by atoms with van der Waals surface area (Å²) in [5, 5.41) is 9.80. The maximum atomic E-state index is 8.49. The number of hydrogen-bond donors (Lipinski definition) is 2. The molecule has 1 aliphatic heterocycles. The van der Waals surface area contributed by atoms with Crippen molar-refractivity contribution < 1.29 is 34.0 Å². The summed E-state index contributed by atoms with van der Waals surface area (Å²) in [6.07, 6.45) is 1.42. The zero-order valence-electron chi connectivity index (χ0n) is 5.19. The van der Waals surface area contributed by atoms with Gasteiger partial charge in [-0.3, -0.25) is 0 Å². The fourth-order valence-corrected chi connectivity index (χ4v) is 0.237. The summed E-state index contributed by atoms with van der Waals surface area (Å²) < 4.78 is 34.0. The quantitative estimate of drug-likeness (QED) is 0.385. The lowest BCUT2D eigenvalue weighted by Crippen LogP contribution is -2.71. The van der Waals surface area contributed by atoms with Crippen molar-refractivity contribution >= 4 is 6.34 Å². The minimum absolute atomic E-state index is 0.635. The highest BCUT2D eigenvalue weighted by Crippen LogP contribution is 1.52. The van der Waals surface area contributed by atoms with E-state index in [2.05, 4.69) is 20.8 Å². The van der Waals surface area contributed by atoms with Crippen molar-refractivity contribution in [3.8, 4) is 0 Å². The van der Waals surface area contributed by atoms with Crippen LogP contribution in [-0.4, -0.2) is 13.0 Å². The molecule has 0 amide bonds. The molecular formula is C2H5ClN4O4. The lowest BCUT2D eigenvalue weighted by molar-refractivity contribution is -2.00. The van der Waals surface area contributed by atoms with Crippen LogP contribution in [0.3, 0.4) is 0 Å². The average Bonchev–Trinajstić information content (AvgIpc) is 1.88. The van der Waals surface area contributed by atoms with Crippen LogP contribution in [0.15, 0.2) is 10.2 Å². The molecule has 0 unspecified atom stereocenters. The van der Waals surface area contributed by atoms with Crippen LogP contribution < -0.4 is 29.2 Å². The predicted octanol–water partition coefficient (Wildman–Crippen LogP) is -6.73. The molecular weight excluding hydrogens is 179 g/mol. The van der Waals surface area contributed by atoms with Gasteiger partial charge in [0, 0.05) is 5.11 Å². The summed E-state index contributed by atoms with van der Waals surface area (Å²) in [7, 11) is -4.94. The molecule has 1 aliphatic rings. The first-order valence-corrected chi connectivity index (χ1v) is 3.52. The molecule has 9 heteroatoms. The molecule has 1 heterocycles. The van der Waals surface area contributed by atoms with E-state index in [0.29, 0.717) is 6.67 Å². The van der Waals surface area contributed by atoms with Gasteiger partial charge in [-0.2, -0.15) is 5.10 Å². The van der Waals surface area contributed by atoms with Gasteiger partial charge in [-0.15, -0.1) is 15.4 Å². The minimum atomic E-state index is -4.94. The predicted molar refractivity (Wildman–Crippen MR) is 19.9 cm³/mol. The number of nitrogens with zero attached hydrogens (tertiary/aromatic N) is 2. The summed E-state index contributed by atoms with van der Waals surface area (Å²) in [4.78, 5) is 0. The summed E-state index contributed by atoms with van der Waals surface area (Å²) in [6, 6.07) is 0. The highest BCUT2D eigenvalue weighted by atomic mass is 35.7. The second-order valence-electron chi connectivity index (χ2n) is 1.24. The van der Waals surface area contributed by atoms with Crippen molar-refractivity contribution in [2.24, 2.45) is 10.2 Å². The Labute approximate surface area is 63.6 Å². The Hall–Kier alpha value is -0.800. The monoisotopic (exact) mass is 184 g/mol. The molecule has 0 saturated carbocycles. The summed E-state index contributed by atoms with van der Waals surface area (Å²) >= 11 is 0. The van der Waals surface area contributed by atoms with Crippen LogP contribution in [0.4, 0.5) is 0 Å². The van der Waals surface area contributed by atoms with Crippen molar-refractivity contribution in [1.29, 1.82) is 0 Å². The summed E-state index contributed by atoms with van der Waals surface area (Å²) in [6.45, 7) is 0.635. The van der Waals surface area contributed by atoms with Gasteiger partial charge in [-0.25, -0.2) is 24.1 Å². The molecule has 0 atom stereocenters. The molecule has 0 saturated heterocycles. The van der Waals surface area contributed by atoms with E-state index < -0.39 is 10.2 Å². The van der Waals surface area contributed by atoms with E-state index in [1.165, 1.54) is 6.34 Å². The molecule has 0 radical (unpaired) electrons. The minimum Gasteiger partial charge on any atom is -0.248 e. The van der Waals surface area contributed by atoms with Crippen molar-refractivity contribution in [3.63, 3.8) is 0 Å². The van der Waals surface area contributed by atoms with Gasteiger partial charge in [0.2, 0.25) is 6.34 Å². The Morgan fingerprint density at radius 1 is 1.36 bits per heavy atom. The highest BCUT2D eigenvalue weighted by Gasteiger charge is 1.84. The number of hydrogen-bond acceptors (Lipinski definition) is 7. The van der Waals surface area contributed by atoms with Gasteiger partial charge in [-0.1, -0.05) is 0 Å². The molecule has 11 heavy (non-hydrogen) atoms. The van der Waals surface area contributed by atoms with Gasteiger partial charge in [0.1, 0.15) is 0 Å². The largest absolute Gasteiger partial charge is 0.253 e. The molecule has 64 valence electrons. The number of halogens is 1. The van der Waals surface area contributed by atoms with E-state index in [4.69, 9.17) is 18.6 Å². The van der Waals surface area contributed by atoms with E-state index >= 15 is 0 Å². The van der Waals surface area contributed by atoms with Crippen LogP contribution in [0.1, 0.15) is 0 Å². The number of rotatable bonds is 0. The second kappa shape index (κ2) is 4.93. The number of hydrazone groups is 1. The van der Waals surface area contributed by atoms with Crippen LogP contribution >= 0.6 is 0 Å². The summed E-state index contributed by atoms with van der Waals surface area (Å²) in [5.41, 5.74) is 2.65. The van der Waals surface area contributed by atoms with Crippen LogP contribution in [0.5, 0.6) is 0 Å². The maximum Gasteiger partial charge on any atom is 0.253 e. The zero-order chi connectivity index (χ0) is 8.74. The fraction of sp³-hybridized carbons (Fsp3) is 0.500. The third-order valence-electron chi connectivity index (χ3n) is 0.456. The smallest absolute Gasteiger partial charge is 0.248 e. The van der Waals surface area contributed by atoms with Gasteiger partial charge >= 0.3 is 0 Å². The Bertz CT molecular complexity index is 135. The van der Waals surface area contributed by atoms with Crippen molar-refractivity contribution in [3.05, 3.63) is 0 Å². The number of azo groups is 1. The molecule has 0 aromatic rings. The van der Waals surface area contributed by atoms with E-state index in [-0.39, 0.29) is 0 Å². The van der Waals surface area contributed by atoms with Gasteiger partial charge in [0.25, 0.3) is 6.67 Å². The van der Waals surface area contributed by atoms with Crippen LogP contribution in [0.2, 0.25) is 0 Å². The third-order valence-corrected chi connectivity index (χ3v) is 0.456. The van der Waals surface area contributed by atoms with E-state index in [1.54, 1.807) is 0 Å². The fourth-order valence-electron chi connectivity index (χ4n) is 0.237. The van der Waals surface area contributed by atoms with Gasteiger partial charge < -0.3 is 0 Å². The SMILES string of the molecule is C1=NNC[NH+]=N1.[O-][Cl+3]([O-])([O-])[O-]. The molecule has 0 aromatic carbocycles. The molecule has 8 nitrogen and oxygen atoms in total. The maximum absolute atomic E-state index is 8.49. The van der Waals surface area contributed by atoms with Crippen molar-refractivity contribution in [1.82, 2.24) is 5.43 Å². The van der Waals surface area contributed by atoms with Gasteiger partial charge in [0.05, 0.1) is 0 Å². The Balaban J connectivity index is 0.000000187. The molecule has 1 rings (SSSR count). The third kappa shape index (κ3) is 17.6. The van der Waals surface area contributed by atoms with Crippen LogP contribution in [-0.2, 0) is 0 Å². The number of nitrogens with one attached hydrogen (secondary N) is 2. The topological polar surface area (TPSA) is 143 Å².